The number of ether oxygens (including phenoxy) is 1. The van der Waals surface area contributed by atoms with E-state index in [0.29, 0.717) is 5.56 Å². The number of nitrogens with one attached hydrogen (secondary N) is 1. The first kappa shape index (κ1) is 16.7. The Kier molecular flexibility index (Phi) is 4.82. The number of carbonyl (C=O) groups is 1. The van der Waals surface area contributed by atoms with E-state index in [4.69, 9.17) is 11.2 Å². The zero-order chi connectivity index (χ0) is 17.0. The van der Waals surface area contributed by atoms with Gasteiger partial charge >= 0.3 is 0 Å². The second-order valence-corrected chi connectivity index (χ2v) is 5.21. The van der Waals surface area contributed by atoms with Crippen LogP contribution in [0.5, 0.6) is 5.75 Å². The number of amides is 1. The Labute approximate surface area is 133 Å². The molecule has 0 bridgehead atoms. The molecule has 1 atom stereocenters. The van der Waals surface area contributed by atoms with Gasteiger partial charge in [-0.1, -0.05) is 5.92 Å². The molecule has 0 radical (unpaired) electrons. The summed E-state index contributed by atoms with van der Waals surface area (Å²) < 4.78 is 17.5. The maximum Gasteiger partial charge on any atom is 0.292 e. The van der Waals surface area contributed by atoms with Crippen molar-refractivity contribution in [3.8, 4) is 18.1 Å². The number of pyridine rings is 1. The van der Waals surface area contributed by atoms with Crippen LogP contribution in [0.15, 0.2) is 24.4 Å². The van der Waals surface area contributed by atoms with Crippen LogP contribution >= 0.6 is 0 Å². The number of aromatic nitrogens is 1. The van der Waals surface area contributed by atoms with Gasteiger partial charge in [0, 0.05) is 30.6 Å². The first-order valence-electron chi connectivity index (χ1n) is 7.00. The van der Waals surface area contributed by atoms with Gasteiger partial charge in [-0.3, -0.25) is 9.78 Å². The fourth-order valence-corrected chi connectivity index (χ4v) is 2.14. The Morgan fingerprint density at radius 3 is 2.91 bits per heavy atom. The summed E-state index contributed by atoms with van der Waals surface area (Å²) in [6.07, 6.45) is 6.95. The van der Waals surface area contributed by atoms with E-state index >= 15 is 0 Å². The fraction of sp³-hybridized carbons (Fsp3) is 0.294. The Morgan fingerprint density at radius 2 is 2.26 bits per heavy atom. The SMILES string of the molecule is C#Cc1cnc2c(C)cc(OC(C)(O)C(=O)NCCF)cc2c1. The van der Waals surface area contributed by atoms with Gasteiger partial charge in [-0.15, -0.1) is 6.42 Å². The second-order valence-electron chi connectivity index (χ2n) is 5.21. The zero-order valence-electron chi connectivity index (χ0n) is 12.9. The number of carbonyl (C=O) groups excluding carboxylic acids is 1. The van der Waals surface area contributed by atoms with Crippen LogP contribution in [0.1, 0.15) is 18.1 Å². The number of alkyl halides is 1. The van der Waals surface area contributed by atoms with Gasteiger partial charge in [0.25, 0.3) is 11.7 Å². The Hall–Kier alpha value is -2.65. The lowest BCUT2D eigenvalue weighted by Crippen LogP contribution is -2.49. The molecule has 0 spiro atoms. The highest BCUT2D eigenvalue weighted by Gasteiger charge is 2.32. The molecule has 1 aromatic heterocycles. The molecule has 0 aliphatic heterocycles. The second kappa shape index (κ2) is 6.63. The molecule has 1 amide bonds. The van der Waals surface area contributed by atoms with Crippen molar-refractivity contribution in [2.24, 2.45) is 0 Å². The highest BCUT2D eigenvalue weighted by molar-refractivity contribution is 5.85. The van der Waals surface area contributed by atoms with Gasteiger partial charge in [-0.2, -0.15) is 0 Å². The lowest BCUT2D eigenvalue weighted by Gasteiger charge is -2.23. The molecule has 0 fully saturated rings. The number of rotatable bonds is 5. The van der Waals surface area contributed by atoms with E-state index in [2.05, 4.69) is 16.2 Å². The van der Waals surface area contributed by atoms with Crippen molar-refractivity contribution in [2.45, 2.75) is 19.6 Å². The van der Waals surface area contributed by atoms with Gasteiger partial charge in [-0.25, -0.2) is 4.39 Å². The minimum Gasteiger partial charge on any atom is -0.453 e. The summed E-state index contributed by atoms with van der Waals surface area (Å²) in [5, 5.41) is 13.1. The molecule has 1 unspecified atom stereocenters. The smallest absolute Gasteiger partial charge is 0.292 e. The summed E-state index contributed by atoms with van der Waals surface area (Å²) in [6.45, 7) is 2.10. The minimum atomic E-state index is -2.12. The molecule has 2 N–H and O–H groups in total. The number of aliphatic hydroxyl groups is 1. The third-order valence-corrected chi connectivity index (χ3v) is 3.23. The third kappa shape index (κ3) is 3.76. The van der Waals surface area contributed by atoms with Crippen molar-refractivity contribution in [2.75, 3.05) is 13.2 Å². The van der Waals surface area contributed by atoms with E-state index in [0.717, 1.165) is 16.5 Å². The molecule has 1 aromatic carbocycles. The average Bonchev–Trinajstić information content (AvgIpc) is 2.51. The minimum absolute atomic E-state index is 0.190. The van der Waals surface area contributed by atoms with Crippen molar-refractivity contribution in [3.63, 3.8) is 0 Å². The van der Waals surface area contributed by atoms with Crippen molar-refractivity contribution in [1.29, 1.82) is 0 Å². The van der Waals surface area contributed by atoms with Gasteiger partial charge in [0.05, 0.1) is 5.52 Å². The molecule has 0 saturated heterocycles. The number of hydrogen-bond donors (Lipinski definition) is 2. The molecular formula is C17H17FN2O3. The Bertz CT molecular complexity index is 781. The number of hydrogen-bond acceptors (Lipinski definition) is 4. The van der Waals surface area contributed by atoms with Gasteiger partial charge in [0.15, 0.2) is 0 Å². The van der Waals surface area contributed by atoms with E-state index in [1.165, 1.54) is 6.92 Å². The molecule has 2 rings (SSSR count). The maximum atomic E-state index is 12.1. The first-order chi connectivity index (χ1) is 10.9. The molecule has 0 aliphatic rings. The van der Waals surface area contributed by atoms with Gasteiger partial charge < -0.3 is 15.2 Å². The number of halogens is 1. The highest BCUT2D eigenvalue weighted by Crippen LogP contribution is 2.26. The van der Waals surface area contributed by atoms with Crippen LogP contribution in [-0.2, 0) is 4.79 Å². The Balaban J connectivity index is 2.33. The number of fused-ring (bicyclic) bond motifs is 1. The van der Waals surface area contributed by atoms with Crippen LogP contribution < -0.4 is 10.1 Å². The predicted molar refractivity (Wildman–Crippen MR) is 84.7 cm³/mol. The predicted octanol–water partition coefficient (Wildman–Crippen LogP) is 1.70. The monoisotopic (exact) mass is 316 g/mol. The molecule has 1 heterocycles. The van der Waals surface area contributed by atoms with E-state index in [1.54, 1.807) is 24.4 Å². The lowest BCUT2D eigenvalue weighted by atomic mass is 10.1. The summed E-state index contributed by atoms with van der Waals surface area (Å²) >= 11 is 0. The highest BCUT2D eigenvalue weighted by atomic mass is 19.1. The van der Waals surface area contributed by atoms with Crippen LogP contribution in [0.4, 0.5) is 4.39 Å². The van der Waals surface area contributed by atoms with E-state index in [1.807, 2.05) is 6.92 Å². The van der Waals surface area contributed by atoms with Crippen LogP contribution in [0.3, 0.4) is 0 Å². The van der Waals surface area contributed by atoms with Crippen molar-refractivity contribution < 1.29 is 19.0 Å². The van der Waals surface area contributed by atoms with Crippen LogP contribution in [0, 0.1) is 19.3 Å². The van der Waals surface area contributed by atoms with Gasteiger partial charge in [0.1, 0.15) is 12.4 Å². The molecule has 2 aromatic rings. The molecule has 23 heavy (non-hydrogen) atoms. The maximum absolute atomic E-state index is 12.1. The summed E-state index contributed by atoms with van der Waals surface area (Å²) in [5.41, 5.74) is 2.17. The zero-order valence-corrected chi connectivity index (χ0v) is 12.9. The molecule has 120 valence electrons. The number of aryl methyl sites for hydroxylation is 1. The summed E-state index contributed by atoms with van der Waals surface area (Å²) in [6, 6.07) is 5.05. The van der Waals surface area contributed by atoms with Crippen LogP contribution in [0.25, 0.3) is 10.9 Å². The topological polar surface area (TPSA) is 71.5 Å². The van der Waals surface area contributed by atoms with E-state index in [9.17, 15) is 14.3 Å². The average molecular weight is 316 g/mol. The standard InChI is InChI=1S/C17H17FN2O3/c1-4-12-8-13-9-14(7-11(2)15(13)20-10-12)23-17(3,22)16(21)19-6-5-18/h1,7-10,22H,5-6H2,2-3H3,(H,19,21). The summed E-state index contributed by atoms with van der Waals surface area (Å²) in [4.78, 5) is 16.1. The number of nitrogens with zero attached hydrogens (tertiary/aromatic N) is 1. The third-order valence-electron chi connectivity index (χ3n) is 3.23. The fourth-order valence-electron chi connectivity index (χ4n) is 2.14. The number of terminal acetylenes is 1. The molecule has 5 nitrogen and oxygen atoms in total. The molecular weight excluding hydrogens is 299 g/mol. The van der Waals surface area contributed by atoms with Crippen molar-refractivity contribution in [1.82, 2.24) is 10.3 Å². The van der Waals surface area contributed by atoms with Gasteiger partial charge in [0.2, 0.25) is 0 Å². The van der Waals surface area contributed by atoms with E-state index in [-0.39, 0.29) is 12.3 Å². The summed E-state index contributed by atoms with van der Waals surface area (Å²) in [5.74, 6) is -0.156. The molecule has 0 aliphatic carbocycles. The van der Waals surface area contributed by atoms with Crippen LogP contribution in [-0.4, -0.2) is 35.0 Å². The van der Waals surface area contributed by atoms with Crippen LogP contribution in [0.2, 0.25) is 0 Å². The van der Waals surface area contributed by atoms with Gasteiger partial charge in [-0.05, 0) is 30.7 Å². The first-order valence-corrected chi connectivity index (χ1v) is 7.00. The summed E-state index contributed by atoms with van der Waals surface area (Å²) in [7, 11) is 0. The quantitative estimate of drug-likeness (QED) is 0.650. The Morgan fingerprint density at radius 1 is 1.52 bits per heavy atom. The number of benzene rings is 1. The van der Waals surface area contributed by atoms with Crippen molar-refractivity contribution >= 4 is 16.8 Å². The molecule has 6 heteroatoms. The lowest BCUT2D eigenvalue weighted by molar-refractivity contribution is -0.169. The normalized spacial score (nSPS) is 13.2. The van der Waals surface area contributed by atoms with E-state index < -0.39 is 18.4 Å². The molecule has 0 saturated carbocycles. The van der Waals surface area contributed by atoms with Crippen molar-refractivity contribution in [3.05, 3.63) is 35.5 Å². The largest absolute Gasteiger partial charge is 0.453 e.